The van der Waals surface area contributed by atoms with E-state index in [4.69, 9.17) is 5.11 Å². The van der Waals surface area contributed by atoms with Crippen LogP contribution in [0.4, 0.5) is 5.69 Å². The second kappa shape index (κ2) is 6.40. The summed E-state index contributed by atoms with van der Waals surface area (Å²) in [6.07, 6.45) is 0. The first kappa shape index (κ1) is 14.4. The Bertz CT molecular complexity index is 740. The molecule has 4 nitrogen and oxygen atoms in total. The van der Waals surface area contributed by atoms with Crippen LogP contribution in [0.25, 0.3) is 0 Å². The minimum Gasteiger partial charge on any atom is -0.478 e. The lowest BCUT2D eigenvalue weighted by atomic mass is 10.1. The highest BCUT2D eigenvalue weighted by Gasteiger charge is 2.07. The van der Waals surface area contributed by atoms with E-state index in [9.17, 15) is 9.59 Å². The molecule has 0 fully saturated rings. The molecule has 0 aliphatic heterocycles. The third-order valence-corrected chi connectivity index (χ3v) is 2.83. The summed E-state index contributed by atoms with van der Waals surface area (Å²) < 4.78 is 0. The number of carbonyl (C=O) groups is 2. The number of aromatic carboxylic acids is 1. The lowest BCUT2D eigenvalue weighted by Crippen LogP contribution is -2.10. The maximum Gasteiger partial charge on any atom is 0.335 e. The predicted molar refractivity (Wildman–Crippen MR) is 80.1 cm³/mol. The van der Waals surface area contributed by atoms with Crippen LogP contribution in [-0.4, -0.2) is 17.0 Å². The van der Waals surface area contributed by atoms with Crippen molar-refractivity contribution >= 4 is 17.6 Å². The normalized spacial score (nSPS) is 9.38. The van der Waals surface area contributed by atoms with E-state index in [-0.39, 0.29) is 5.56 Å². The maximum atomic E-state index is 11.8. The van der Waals surface area contributed by atoms with Crippen molar-refractivity contribution < 1.29 is 14.7 Å². The Morgan fingerprint density at radius 2 is 1.81 bits per heavy atom. The molecule has 0 bridgehead atoms. The number of nitrogens with one attached hydrogen (secondary N) is 1. The Hall–Kier alpha value is -3.06. The quantitative estimate of drug-likeness (QED) is 0.831. The summed E-state index contributed by atoms with van der Waals surface area (Å²) in [6, 6.07) is 13.7. The van der Waals surface area contributed by atoms with E-state index < -0.39 is 11.9 Å². The number of hydrogen-bond donors (Lipinski definition) is 2. The Morgan fingerprint density at radius 3 is 2.48 bits per heavy atom. The first-order chi connectivity index (χ1) is 10.1. The highest BCUT2D eigenvalue weighted by Crippen LogP contribution is 2.16. The number of anilines is 1. The Balaban J connectivity index is 2.15. The van der Waals surface area contributed by atoms with Gasteiger partial charge >= 0.3 is 11.9 Å². The van der Waals surface area contributed by atoms with Gasteiger partial charge < -0.3 is 10.4 Å². The molecule has 0 aliphatic rings. The van der Waals surface area contributed by atoms with Gasteiger partial charge in [-0.25, -0.2) is 4.79 Å². The van der Waals surface area contributed by atoms with Crippen molar-refractivity contribution in [2.75, 3.05) is 5.32 Å². The van der Waals surface area contributed by atoms with Crippen LogP contribution in [0, 0.1) is 18.8 Å². The van der Waals surface area contributed by atoms with Gasteiger partial charge in [0.2, 0.25) is 0 Å². The fourth-order valence-electron chi connectivity index (χ4n) is 1.69. The highest BCUT2D eigenvalue weighted by atomic mass is 16.4. The van der Waals surface area contributed by atoms with E-state index in [2.05, 4.69) is 17.2 Å². The first-order valence-corrected chi connectivity index (χ1v) is 6.28. The van der Waals surface area contributed by atoms with Gasteiger partial charge in [0.25, 0.3) is 0 Å². The van der Waals surface area contributed by atoms with E-state index in [0.29, 0.717) is 5.69 Å². The Labute approximate surface area is 122 Å². The molecule has 0 atom stereocenters. The minimum absolute atomic E-state index is 0.118. The molecule has 2 aromatic rings. The second-order valence-electron chi connectivity index (χ2n) is 4.41. The second-order valence-corrected chi connectivity index (χ2v) is 4.41. The summed E-state index contributed by atoms with van der Waals surface area (Å²) >= 11 is 0. The van der Waals surface area contributed by atoms with E-state index >= 15 is 0 Å². The molecule has 0 saturated heterocycles. The summed E-state index contributed by atoms with van der Waals surface area (Å²) in [5.41, 5.74) is 2.08. The van der Waals surface area contributed by atoms with Gasteiger partial charge in [-0.3, -0.25) is 4.79 Å². The van der Waals surface area contributed by atoms with Crippen LogP contribution in [0.15, 0.2) is 48.5 Å². The van der Waals surface area contributed by atoms with Gasteiger partial charge in [0.1, 0.15) is 0 Å². The highest BCUT2D eigenvalue weighted by molar-refractivity contribution is 6.05. The fourth-order valence-corrected chi connectivity index (χ4v) is 1.69. The lowest BCUT2D eigenvalue weighted by Gasteiger charge is -2.06. The molecular formula is C17H13NO3. The molecule has 0 spiro atoms. The molecule has 0 unspecified atom stereocenters. The number of carboxylic acids is 1. The van der Waals surface area contributed by atoms with Crippen LogP contribution in [-0.2, 0) is 4.79 Å². The van der Waals surface area contributed by atoms with Crippen LogP contribution in [0.5, 0.6) is 0 Å². The molecule has 2 rings (SSSR count). The monoisotopic (exact) mass is 279 g/mol. The van der Waals surface area contributed by atoms with Crippen molar-refractivity contribution in [3.63, 3.8) is 0 Å². The number of hydrogen-bond acceptors (Lipinski definition) is 2. The molecule has 0 radical (unpaired) electrons. The summed E-state index contributed by atoms with van der Waals surface area (Å²) in [7, 11) is 0. The van der Waals surface area contributed by atoms with Crippen molar-refractivity contribution in [1.82, 2.24) is 0 Å². The van der Waals surface area contributed by atoms with E-state index in [1.54, 1.807) is 25.1 Å². The standard InChI is InChI=1S/C17H13NO3/c1-12-7-9-14(17(20)21)11-15(12)18-16(19)10-8-13-5-3-2-4-6-13/h2-7,9,11H,1H3,(H,18,19)(H,20,21). The molecule has 104 valence electrons. The average molecular weight is 279 g/mol. The zero-order valence-corrected chi connectivity index (χ0v) is 11.4. The van der Waals surface area contributed by atoms with Crippen molar-refractivity contribution in [3.8, 4) is 11.8 Å². The zero-order chi connectivity index (χ0) is 15.2. The van der Waals surface area contributed by atoms with Crippen molar-refractivity contribution in [1.29, 1.82) is 0 Å². The average Bonchev–Trinajstić information content (AvgIpc) is 2.48. The number of aryl methyl sites for hydroxylation is 1. The molecule has 0 heterocycles. The van der Waals surface area contributed by atoms with Crippen LogP contribution in [0.3, 0.4) is 0 Å². The molecule has 1 amide bonds. The smallest absolute Gasteiger partial charge is 0.335 e. The fraction of sp³-hybridized carbons (Fsp3) is 0.0588. The summed E-state index contributed by atoms with van der Waals surface area (Å²) in [5, 5.41) is 11.5. The van der Waals surface area contributed by atoms with Gasteiger partial charge in [-0.2, -0.15) is 0 Å². The number of benzene rings is 2. The van der Waals surface area contributed by atoms with Crippen molar-refractivity contribution in [3.05, 3.63) is 65.2 Å². The van der Waals surface area contributed by atoms with Crippen LogP contribution in [0.1, 0.15) is 21.5 Å². The number of rotatable bonds is 2. The Kier molecular flexibility index (Phi) is 4.37. The van der Waals surface area contributed by atoms with E-state index in [1.807, 2.05) is 18.2 Å². The van der Waals surface area contributed by atoms with E-state index in [0.717, 1.165) is 11.1 Å². The number of amides is 1. The van der Waals surface area contributed by atoms with Crippen molar-refractivity contribution in [2.45, 2.75) is 6.92 Å². The molecule has 0 aliphatic carbocycles. The molecule has 2 aromatic carbocycles. The van der Waals surface area contributed by atoms with Gasteiger partial charge in [-0.15, -0.1) is 0 Å². The van der Waals surface area contributed by atoms with Gasteiger partial charge in [-0.05, 0) is 36.8 Å². The molecule has 21 heavy (non-hydrogen) atoms. The largest absolute Gasteiger partial charge is 0.478 e. The predicted octanol–water partition coefficient (Wildman–Crippen LogP) is 2.68. The maximum absolute atomic E-state index is 11.8. The summed E-state index contributed by atoms with van der Waals surface area (Å²) in [4.78, 5) is 22.7. The molecular weight excluding hydrogens is 266 g/mol. The third kappa shape index (κ3) is 3.95. The van der Waals surface area contributed by atoms with Gasteiger partial charge in [0.05, 0.1) is 5.56 Å². The third-order valence-electron chi connectivity index (χ3n) is 2.83. The molecule has 0 aromatic heterocycles. The van der Waals surface area contributed by atoms with Crippen LogP contribution < -0.4 is 5.32 Å². The van der Waals surface area contributed by atoms with Crippen molar-refractivity contribution in [2.24, 2.45) is 0 Å². The van der Waals surface area contributed by atoms with Gasteiger partial charge in [-0.1, -0.05) is 30.2 Å². The molecule has 4 heteroatoms. The Morgan fingerprint density at radius 1 is 1.10 bits per heavy atom. The minimum atomic E-state index is -1.04. The topological polar surface area (TPSA) is 66.4 Å². The number of carbonyl (C=O) groups excluding carboxylic acids is 1. The van der Waals surface area contributed by atoms with Crippen LogP contribution >= 0.6 is 0 Å². The molecule has 2 N–H and O–H groups in total. The zero-order valence-electron chi connectivity index (χ0n) is 11.4. The van der Waals surface area contributed by atoms with Gasteiger partial charge in [0.15, 0.2) is 0 Å². The van der Waals surface area contributed by atoms with E-state index in [1.165, 1.54) is 12.1 Å². The first-order valence-electron chi connectivity index (χ1n) is 6.28. The van der Waals surface area contributed by atoms with Gasteiger partial charge in [0, 0.05) is 17.2 Å². The SMILES string of the molecule is Cc1ccc(C(=O)O)cc1NC(=O)C#Cc1ccccc1. The van der Waals surface area contributed by atoms with Crippen LogP contribution in [0.2, 0.25) is 0 Å². The summed E-state index contributed by atoms with van der Waals surface area (Å²) in [6.45, 7) is 1.78. The lowest BCUT2D eigenvalue weighted by molar-refractivity contribution is -0.111. The molecule has 0 saturated carbocycles. The summed E-state index contributed by atoms with van der Waals surface area (Å²) in [5.74, 6) is 3.70. The number of carboxylic acid groups (broad SMARTS) is 1.